The second-order valence-corrected chi connectivity index (χ2v) is 6.27. The Morgan fingerprint density at radius 1 is 1.15 bits per heavy atom. The van der Waals surface area contributed by atoms with E-state index in [4.69, 9.17) is 21.1 Å². The molecule has 0 saturated heterocycles. The number of ether oxygens (including phenoxy) is 2. The molecule has 140 valence electrons. The predicted molar refractivity (Wildman–Crippen MR) is 107 cm³/mol. The fourth-order valence-electron chi connectivity index (χ4n) is 2.60. The molecule has 0 amide bonds. The summed E-state index contributed by atoms with van der Waals surface area (Å²) in [5.41, 5.74) is 2.21. The second kappa shape index (κ2) is 8.68. The van der Waals surface area contributed by atoms with Crippen LogP contribution < -0.4 is 14.8 Å². The van der Waals surface area contributed by atoms with Crippen molar-refractivity contribution in [3.05, 3.63) is 48.3 Å². The van der Waals surface area contributed by atoms with Gasteiger partial charge < -0.3 is 14.8 Å². The van der Waals surface area contributed by atoms with E-state index in [2.05, 4.69) is 15.3 Å². The van der Waals surface area contributed by atoms with E-state index in [0.29, 0.717) is 35.4 Å². The normalized spacial score (nSPS) is 10.6. The van der Waals surface area contributed by atoms with Crippen molar-refractivity contribution >= 4 is 39.8 Å². The number of Topliss-reactive ketones (excluding diaryl/α,β-unsaturated/α-hetero) is 1. The van der Waals surface area contributed by atoms with Crippen molar-refractivity contribution < 1.29 is 14.3 Å². The Bertz CT molecular complexity index is 945. The number of alkyl halides is 1. The van der Waals surface area contributed by atoms with Gasteiger partial charge in [-0.25, -0.2) is 9.97 Å². The molecule has 6 nitrogen and oxygen atoms in total. The van der Waals surface area contributed by atoms with Crippen LogP contribution in [0.1, 0.15) is 23.7 Å². The highest BCUT2D eigenvalue weighted by Crippen LogP contribution is 2.34. The third-order valence-corrected chi connectivity index (χ3v) is 4.28. The summed E-state index contributed by atoms with van der Waals surface area (Å²) in [7, 11) is 1.59. The third-order valence-electron chi connectivity index (χ3n) is 4.01. The summed E-state index contributed by atoms with van der Waals surface area (Å²) in [6.45, 7) is 2.05. The van der Waals surface area contributed by atoms with E-state index in [1.54, 1.807) is 26.2 Å². The van der Waals surface area contributed by atoms with Gasteiger partial charge in [0.1, 0.15) is 12.1 Å². The fourth-order valence-corrected chi connectivity index (χ4v) is 2.71. The van der Waals surface area contributed by atoms with E-state index >= 15 is 0 Å². The van der Waals surface area contributed by atoms with Gasteiger partial charge in [0.15, 0.2) is 17.3 Å². The van der Waals surface area contributed by atoms with Gasteiger partial charge in [-0.15, -0.1) is 11.6 Å². The molecule has 0 atom stereocenters. The molecule has 1 heterocycles. The Balaban J connectivity index is 1.92. The molecule has 0 aliphatic rings. The van der Waals surface area contributed by atoms with Crippen LogP contribution in [0, 0.1) is 0 Å². The molecule has 3 aromatic rings. The quantitative estimate of drug-likeness (QED) is 0.347. The summed E-state index contributed by atoms with van der Waals surface area (Å²) >= 11 is 5.70. The number of methoxy groups -OCH3 is 1. The third kappa shape index (κ3) is 4.46. The van der Waals surface area contributed by atoms with Crippen molar-refractivity contribution in [1.29, 1.82) is 0 Å². The smallest absolute Gasteiger partial charge is 0.163 e. The molecule has 1 aromatic heterocycles. The average molecular weight is 386 g/mol. The summed E-state index contributed by atoms with van der Waals surface area (Å²) < 4.78 is 11.2. The molecule has 7 heteroatoms. The van der Waals surface area contributed by atoms with Gasteiger partial charge in [0, 0.05) is 28.6 Å². The van der Waals surface area contributed by atoms with Crippen LogP contribution in [0.2, 0.25) is 0 Å². The first-order chi connectivity index (χ1) is 13.1. The SMILES string of the molecule is COc1cc2c(Nc3ccc(C(C)=O)cc3)ncnc2cc1OCCCCl. The number of nitrogens with zero attached hydrogens (tertiary/aromatic N) is 2. The Morgan fingerprint density at radius 2 is 1.93 bits per heavy atom. The van der Waals surface area contributed by atoms with Crippen molar-refractivity contribution in [3.63, 3.8) is 0 Å². The van der Waals surface area contributed by atoms with E-state index < -0.39 is 0 Å². The number of nitrogens with one attached hydrogen (secondary N) is 1. The molecule has 0 fully saturated rings. The Labute approximate surface area is 162 Å². The number of carbonyl (C=O) groups excluding carboxylic acids is 1. The Morgan fingerprint density at radius 3 is 2.59 bits per heavy atom. The maximum atomic E-state index is 11.4. The number of carbonyl (C=O) groups is 1. The van der Waals surface area contributed by atoms with E-state index in [1.807, 2.05) is 24.3 Å². The summed E-state index contributed by atoms with van der Waals surface area (Å²) in [6, 6.07) is 10.9. The van der Waals surface area contributed by atoms with Crippen LogP contribution in [0.15, 0.2) is 42.7 Å². The molecular weight excluding hydrogens is 366 g/mol. The molecule has 0 unspecified atom stereocenters. The minimum absolute atomic E-state index is 0.0282. The number of hydrogen-bond acceptors (Lipinski definition) is 6. The second-order valence-electron chi connectivity index (χ2n) is 5.89. The van der Waals surface area contributed by atoms with Crippen LogP contribution in [-0.4, -0.2) is 35.3 Å². The number of ketones is 1. The molecule has 0 saturated carbocycles. The van der Waals surface area contributed by atoms with Gasteiger partial charge in [-0.05, 0) is 43.7 Å². The van der Waals surface area contributed by atoms with E-state index in [9.17, 15) is 4.79 Å². The fraction of sp³-hybridized carbons (Fsp3) is 0.250. The number of fused-ring (bicyclic) bond motifs is 1. The van der Waals surface area contributed by atoms with Crippen molar-refractivity contribution in [3.8, 4) is 11.5 Å². The molecule has 0 radical (unpaired) electrons. The number of rotatable bonds is 8. The monoisotopic (exact) mass is 385 g/mol. The largest absolute Gasteiger partial charge is 0.493 e. The highest BCUT2D eigenvalue weighted by Gasteiger charge is 2.12. The lowest BCUT2D eigenvalue weighted by Crippen LogP contribution is -2.01. The molecule has 2 aromatic carbocycles. The van der Waals surface area contributed by atoms with Crippen LogP contribution in [0.5, 0.6) is 11.5 Å². The molecule has 3 rings (SSSR count). The van der Waals surface area contributed by atoms with Crippen molar-refractivity contribution in [2.75, 3.05) is 24.9 Å². The Hall–Kier alpha value is -2.86. The minimum Gasteiger partial charge on any atom is -0.493 e. The van der Waals surface area contributed by atoms with Crippen LogP contribution >= 0.6 is 11.6 Å². The zero-order valence-electron chi connectivity index (χ0n) is 15.2. The highest BCUT2D eigenvalue weighted by atomic mass is 35.5. The van der Waals surface area contributed by atoms with E-state index in [1.165, 1.54) is 6.33 Å². The Kier molecular flexibility index (Phi) is 6.08. The average Bonchev–Trinajstić information content (AvgIpc) is 2.68. The molecule has 27 heavy (non-hydrogen) atoms. The molecule has 1 N–H and O–H groups in total. The molecule has 0 aliphatic heterocycles. The number of hydrogen-bond donors (Lipinski definition) is 1. The summed E-state index contributed by atoms with van der Waals surface area (Å²) in [5, 5.41) is 4.06. The van der Waals surface area contributed by atoms with Crippen molar-refractivity contribution in [2.24, 2.45) is 0 Å². The lowest BCUT2D eigenvalue weighted by Gasteiger charge is -2.13. The van der Waals surface area contributed by atoms with Crippen LogP contribution in [0.4, 0.5) is 11.5 Å². The predicted octanol–water partition coefficient (Wildman–Crippen LogP) is 4.59. The summed E-state index contributed by atoms with van der Waals surface area (Å²) in [4.78, 5) is 20.1. The lowest BCUT2D eigenvalue weighted by atomic mass is 10.1. The summed E-state index contributed by atoms with van der Waals surface area (Å²) in [5.74, 6) is 2.42. The van der Waals surface area contributed by atoms with Crippen LogP contribution in [0.25, 0.3) is 10.9 Å². The van der Waals surface area contributed by atoms with Crippen LogP contribution in [0.3, 0.4) is 0 Å². The molecule has 0 bridgehead atoms. The first kappa shape index (κ1) is 18.9. The molecular formula is C20H20ClN3O3. The van der Waals surface area contributed by atoms with E-state index in [-0.39, 0.29) is 5.78 Å². The maximum Gasteiger partial charge on any atom is 0.163 e. The standard InChI is InChI=1S/C20H20ClN3O3/c1-13(25)14-4-6-15(7-5-14)24-20-16-10-18(26-2)19(27-9-3-8-21)11-17(16)22-12-23-20/h4-7,10-12H,3,8-9H2,1-2H3,(H,22,23,24). The highest BCUT2D eigenvalue weighted by molar-refractivity contribution is 6.17. The number of aromatic nitrogens is 2. The zero-order chi connectivity index (χ0) is 19.2. The number of benzene rings is 2. The van der Waals surface area contributed by atoms with Gasteiger partial charge in [-0.3, -0.25) is 4.79 Å². The van der Waals surface area contributed by atoms with Crippen molar-refractivity contribution in [1.82, 2.24) is 9.97 Å². The number of anilines is 2. The number of halogens is 1. The maximum absolute atomic E-state index is 11.4. The van der Waals surface area contributed by atoms with Gasteiger partial charge in [-0.2, -0.15) is 0 Å². The summed E-state index contributed by atoms with van der Waals surface area (Å²) in [6.07, 6.45) is 2.24. The van der Waals surface area contributed by atoms with Crippen LogP contribution in [-0.2, 0) is 0 Å². The molecule has 0 aliphatic carbocycles. The van der Waals surface area contributed by atoms with Gasteiger partial charge >= 0.3 is 0 Å². The molecule has 0 spiro atoms. The van der Waals surface area contributed by atoms with E-state index in [0.717, 1.165) is 23.0 Å². The lowest BCUT2D eigenvalue weighted by molar-refractivity contribution is 0.101. The minimum atomic E-state index is 0.0282. The van der Waals surface area contributed by atoms with Crippen molar-refractivity contribution in [2.45, 2.75) is 13.3 Å². The van der Waals surface area contributed by atoms with Gasteiger partial charge in [-0.1, -0.05) is 0 Å². The van der Waals surface area contributed by atoms with Gasteiger partial charge in [0.2, 0.25) is 0 Å². The zero-order valence-corrected chi connectivity index (χ0v) is 15.9. The first-order valence-corrected chi connectivity index (χ1v) is 9.05. The first-order valence-electron chi connectivity index (χ1n) is 8.52. The van der Waals surface area contributed by atoms with Gasteiger partial charge in [0.05, 0.1) is 19.2 Å². The topological polar surface area (TPSA) is 73.3 Å². The van der Waals surface area contributed by atoms with Gasteiger partial charge in [0.25, 0.3) is 0 Å².